The lowest BCUT2D eigenvalue weighted by Gasteiger charge is -1.99. The highest BCUT2D eigenvalue weighted by Crippen LogP contribution is 2.10. The van der Waals surface area contributed by atoms with E-state index in [1.807, 2.05) is 5.32 Å². The van der Waals surface area contributed by atoms with E-state index >= 15 is 0 Å². The molecule has 82 valence electrons. The van der Waals surface area contributed by atoms with Crippen LogP contribution in [0.15, 0.2) is 31.1 Å². The average Bonchev–Trinajstić information content (AvgIpc) is 2.28. The molecule has 0 atom stereocenters. The van der Waals surface area contributed by atoms with Gasteiger partial charge in [-0.25, -0.2) is 0 Å². The number of carbonyl (C=O) groups excluding carboxylic acids is 2. The largest absolute Gasteiger partial charge is 0.289 e. The molecule has 0 unspecified atom stereocenters. The zero-order chi connectivity index (χ0) is 12.1. The Kier molecular flexibility index (Phi) is 3.44. The summed E-state index contributed by atoms with van der Waals surface area (Å²) in [6.07, 6.45) is 3.05. The van der Waals surface area contributed by atoms with E-state index in [-0.39, 0.29) is 11.3 Å². The Hall–Kier alpha value is -2.57. The van der Waals surface area contributed by atoms with Crippen molar-refractivity contribution in [1.82, 2.24) is 10.3 Å². The minimum absolute atomic E-state index is 0.0654. The number of pyridine rings is 1. The Balaban J connectivity index is 2.91. The second-order valence-electron chi connectivity index (χ2n) is 2.71. The van der Waals surface area contributed by atoms with Crippen molar-refractivity contribution in [1.29, 1.82) is 0 Å². The van der Waals surface area contributed by atoms with Crippen molar-refractivity contribution >= 4 is 17.5 Å². The lowest BCUT2D eigenvalue weighted by Crippen LogP contribution is -2.28. The second-order valence-corrected chi connectivity index (χ2v) is 2.71. The fourth-order valence-corrected chi connectivity index (χ4v) is 0.887. The third-order valence-corrected chi connectivity index (χ3v) is 1.62. The maximum atomic E-state index is 11.3. The summed E-state index contributed by atoms with van der Waals surface area (Å²) < 4.78 is 0. The molecule has 0 aliphatic rings. The lowest BCUT2D eigenvalue weighted by molar-refractivity contribution is -0.385. The van der Waals surface area contributed by atoms with Crippen molar-refractivity contribution in [3.8, 4) is 0 Å². The van der Waals surface area contributed by atoms with Gasteiger partial charge in [0, 0.05) is 12.3 Å². The van der Waals surface area contributed by atoms with E-state index in [0.717, 1.165) is 24.5 Å². The number of carbonyl (C=O) groups is 2. The summed E-state index contributed by atoms with van der Waals surface area (Å²) in [5.41, 5.74) is -0.386. The first-order valence-corrected chi connectivity index (χ1v) is 4.12. The van der Waals surface area contributed by atoms with Gasteiger partial charge in [0.2, 0.25) is 5.91 Å². The van der Waals surface area contributed by atoms with Gasteiger partial charge in [-0.15, -0.1) is 0 Å². The van der Waals surface area contributed by atoms with E-state index in [1.54, 1.807) is 0 Å². The molecule has 0 spiro atoms. The standard InChI is InChI=1S/C9H7N3O4/c1-2-8(13)11-9(14)6-3-7(12(15)16)5-10-4-6/h2-5H,1H2,(H,11,13,14). The predicted octanol–water partition coefficient (Wildman–Crippen LogP) is 0.432. The summed E-state index contributed by atoms with van der Waals surface area (Å²) in [6, 6.07) is 1.03. The fraction of sp³-hybridized carbons (Fsp3) is 0. The molecule has 7 nitrogen and oxygen atoms in total. The number of hydrogen-bond acceptors (Lipinski definition) is 5. The number of rotatable bonds is 3. The molecule has 1 N–H and O–H groups in total. The summed E-state index contributed by atoms with van der Waals surface area (Å²) in [7, 11) is 0. The van der Waals surface area contributed by atoms with Gasteiger partial charge < -0.3 is 0 Å². The van der Waals surface area contributed by atoms with Gasteiger partial charge in [-0.1, -0.05) is 6.58 Å². The third-order valence-electron chi connectivity index (χ3n) is 1.62. The SMILES string of the molecule is C=CC(=O)NC(=O)c1cncc([N+](=O)[O-])c1. The van der Waals surface area contributed by atoms with Crippen LogP contribution in [0.25, 0.3) is 0 Å². The highest BCUT2D eigenvalue weighted by molar-refractivity contribution is 6.07. The summed E-state index contributed by atoms with van der Waals surface area (Å²) >= 11 is 0. The maximum absolute atomic E-state index is 11.3. The van der Waals surface area contributed by atoms with Gasteiger partial charge in [-0.2, -0.15) is 0 Å². The molecule has 0 fully saturated rings. The summed E-state index contributed by atoms with van der Waals surface area (Å²) in [6.45, 7) is 3.16. The van der Waals surface area contributed by atoms with Crippen molar-refractivity contribution in [3.63, 3.8) is 0 Å². The van der Waals surface area contributed by atoms with Crippen LogP contribution in [0.5, 0.6) is 0 Å². The maximum Gasteiger partial charge on any atom is 0.288 e. The van der Waals surface area contributed by atoms with Gasteiger partial charge in [0.05, 0.1) is 10.5 Å². The van der Waals surface area contributed by atoms with Crippen LogP contribution in [-0.4, -0.2) is 21.7 Å². The highest BCUT2D eigenvalue weighted by atomic mass is 16.6. The molecule has 1 aromatic heterocycles. The normalized spacial score (nSPS) is 9.25. The van der Waals surface area contributed by atoms with Crippen molar-refractivity contribution in [2.24, 2.45) is 0 Å². The van der Waals surface area contributed by atoms with Crippen LogP contribution in [0, 0.1) is 10.1 Å². The van der Waals surface area contributed by atoms with Gasteiger partial charge in [-0.05, 0) is 6.08 Å². The summed E-state index contributed by atoms with van der Waals surface area (Å²) in [5, 5.41) is 12.4. The molecule has 7 heteroatoms. The molecule has 1 aromatic rings. The fourth-order valence-electron chi connectivity index (χ4n) is 0.887. The summed E-state index contributed by atoms with van der Waals surface area (Å²) in [5.74, 6) is -1.45. The van der Waals surface area contributed by atoms with Crippen molar-refractivity contribution in [2.45, 2.75) is 0 Å². The van der Waals surface area contributed by atoms with E-state index in [2.05, 4.69) is 11.6 Å². The molecule has 0 aliphatic heterocycles. The van der Waals surface area contributed by atoms with Gasteiger partial charge >= 0.3 is 0 Å². The number of hydrogen-bond donors (Lipinski definition) is 1. The predicted molar refractivity (Wildman–Crippen MR) is 53.6 cm³/mol. The second kappa shape index (κ2) is 4.78. The molecule has 0 saturated carbocycles. The van der Waals surface area contributed by atoms with Crippen molar-refractivity contribution < 1.29 is 14.5 Å². The lowest BCUT2D eigenvalue weighted by atomic mass is 10.2. The number of aromatic nitrogens is 1. The topological polar surface area (TPSA) is 102 Å². The average molecular weight is 221 g/mol. The molecule has 1 rings (SSSR count). The smallest absolute Gasteiger partial charge is 0.288 e. The van der Waals surface area contributed by atoms with E-state index < -0.39 is 16.7 Å². The van der Waals surface area contributed by atoms with Crippen LogP contribution in [0.4, 0.5) is 5.69 Å². The zero-order valence-electron chi connectivity index (χ0n) is 8.04. The molecule has 0 radical (unpaired) electrons. The van der Waals surface area contributed by atoms with E-state index in [0.29, 0.717) is 0 Å². The number of nitrogens with one attached hydrogen (secondary N) is 1. The first-order valence-electron chi connectivity index (χ1n) is 4.12. The molecule has 16 heavy (non-hydrogen) atoms. The van der Waals surface area contributed by atoms with Gasteiger partial charge in [-0.3, -0.25) is 30.0 Å². The molecular weight excluding hydrogens is 214 g/mol. The Bertz CT molecular complexity index is 470. The van der Waals surface area contributed by atoms with Crippen molar-refractivity contribution in [2.75, 3.05) is 0 Å². The van der Waals surface area contributed by atoms with Crippen LogP contribution in [0.1, 0.15) is 10.4 Å². The first-order chi connectivity index (χ1) is 7.54. The Morgan fingerprint density at radius 3 is 2.75 bits per heavy atom. The Morgan fingerprint density at radius 2 is 2.19 bits per heavy atom. The number of nitro groups is 1. The first kappa shape index (κ1) is 11.5. The Morgan fingerprint density at radius 1 is 1.50 bits per heavy atom. The van der Waals surface area contributed by atoms with E-state index in [4.69, 9.17) is 0 Å². The zero-order valence-corrected chi connectivity index (χ0v) is 8.04. The monoisotopic (exact) mass is 221 g/mol. The molecule has 0 saturated heterocycles. The minimum atomic E-state index is -0.763. The van der Waals surface area contributed by atoms with Crippen molar-refractivity contribution in [3.05, 3.63) is 46.8 Å². The molecule has 1 heterocycles. The number of amides is 2. The summed E-state index contributed by atoms with van der Waals surface area (Å²) in [4.78, 5) is 35.4. The highest BCUT2D eigenvalue weighted by Gasteiger charge is 2.13. The van der Waals surface area contributed by atoms with E-state index in [9.17, 15) is 19.7 Å². The minimum Gasteiger partial charge on any atom is -0.289 e. The van der Waals surface area contributed by atoms with Crippen LogP contribution >= 0.6 is 0 Å². The third kappa shape index (κ3) is 2.71. The van der Waals surface area contributed by atoms with Gasteiger partial charge in [0.25, 0.3) is 11.6 Å². The van der Waals surface area contributed by atoms with Crippen LogP contribution in [0.2, 0.25) is 0 Å². The quantitative estimate of drug-likeness (QED) is 0.453. The molecule has 2 amide bonds. The number of imide groups is 1. The van der Waals surface area contributed by atoms with Gasteiger partial charge in [0.15, 0.2) is 0 Å². The van der Waals surface area contributed by atoms with Crippen LogP contribution < -0.4 is 5.32 Å². The van der Waals surface area contributed by atoms with E-state index in [1.165, 1.54) is 0 Å². The Labute approximate surface area is 89.9 Å². The molecule has 0 aliphatic carbocycles. The van der Waals surface area contributed by atoms with Crippen LogP contribution in [0.3, 0.4) is 0 Å². The molecule has 0 bridgehead atoms. The van der Waals surface area contributed by atoms with Gasteiger partial charge in [0.1, 0.15) is 6.20 Å². The molecular formula is C9H7N3O4. The number of nitrogens with zero attached hydrogens (tertiary/aromatic N) is 2. The molecule has 0 aromatic carbocycles. The van der Waals surface area contributed by atoms with Crippen LogP contribution in [-0.2, 0) is 4.79 Å².